The molecule has 9 heteroatoms. The Balaban J connectivity index is 4.80. The third-order valence-corrected chi connectivity index (χ3v) is 2.27. The summed E-state index contributed by atoms with van der Waals surface area (Å²) in [5, 5.41) is 13.2. The zero-order chi connectivity index (χ0) is 15.2. The maximum atomic E-state index is 11.8. The highest BCUT2D eigenvalue weighted by Crippen LogP contribution is 2.03. The Morgan fingerprint density at radius 2 is 1.63 bits per heavy atom. The standard InChI is InChI=1S/C10H18N4O5/c1-4(2)7(14-10(12)19)8(16)13-5(9(17)18)3-6(11)15/h4-5,7H,3H2,1-2H3,(H2,11,15)(H,13,16)(H,17,18)(H3,12,14,19)/t5-,7?/m1/s1. The monoisotopic (exact) mass is 274 g/mol. The van der Waals surface area contributed by atoms with Gasteiger partial charge in [-0.25, -0.2) is 9.59 Å². The number of hydrogen-bond acceptors (Lipinski definition) is 4. The maximum Gasteiger partial charge on any atom is 0.326 e. The smallest absolute Gasteiger partial charge is 0.326 e. The second kappa shape index (κ2) is 7.19. The Hall–Kier alpha value is -2.32. The molecule has 108 valence electrons. The van der Waals surface area contributed by atoms with Crippen LogP contribution >= 0.6 is 0 Å². The van der Waals surface area contributed by atoms with Gasteiger partial charge < -0.3 is 27.2 Å². The lowest BCUT2D eigenvalue weighted by Crippen LogP contribution is -2.55. The van der Waals surface area contributed by atoms with Gasteiger partial charge >= 0.3 is 12.0 Å². The molecule has 7 N–H and O–H groups in total. The molecule has 0 radical (unpaired) electrons. The van der Waals surface area contributed by atoms with Crippen molar-refractivity contribution in [2.24, 2.45) is 17.4 Å². The topological polar surface area (TPSA) is 165 Å². The molecule has 0 aliphatic rings. The van der Waals surface area contributed by atoms with Crippen LogP contribution < -0.4 is 22.1 Å². The normalized spacial score (nSPS) is 13.4. The van der Waals surface area contributed by atoms with E-state index in [9.17, 15) is 19.2 Å². The lowest BCUT2D eigenvalue weighted by Gasteiger charge is -2.22. The summed E-state index contributed by atoms with van der Waals surface area (Å²) in [4.78, 5) is 44.1. The van der Waals surface area contributed by atoms with Crippen LogP contribution in [0.2, 0.25) is 0 Å². The third-order valence-electron chi connectivity index (χ3n) is 2.27. The minimum Gasteiger partial charge on any atom is -0.480 e. The number of carbonyl (C=O) groups excluding carboxylic acids is 3. The van der Waals surface area contributed by atoms with Crippen LogP contribution in [0.3, 0.4) is 0 Å². The average Bonchev–Trinajstić information content (AvgIpc) is 2.23. The molecule has 0 aliphatic heterocycles. The van der Waals surface area contributed by atoms with Gasteiger partial charge in [-0.2, -0.15) is 0 Å². The van der Waals surface area contributed by atoms with E-state index in [1.807, 2.05) is 0 Å². The third kappa shape index (κ3) is 6.24. The molecule has 0 heterocycles. The van der Waals surface area contributed by atoms with Gasteiger partial charge in [-0.15, -0.1) is 0 Å². The van der Waals surface area contributed by atoms with Gasteiger partial charge in [-0.1, -0.05) is 13.8 Å². The van der Waals surface area contributed by atoms with E-state index in [-0.39, 0.29) is 5.92 Å². The Morgan fingerprint density at radius 1 is 1.11 bits per heavy atom. The second-order valence-electron chi connectivity index (χ2n) is 4.30. The van der Waals surface area contributed by atoms with Crippen LogP contribution in [0.15, 0.2) is 0 Å². The van der Waals surface area contributed by atoms with Gasteiger partial charge in [0, 0.05) is 0 Å². The first-order valence-electron chi connectivity index (χ1n) is 5.52. The van der Waals surface area contributed by atoms with Crippen molar-refractivity contribution in [1.82, 2.24) is 10.6 Å². The minimum atomic E-state index is -1.44. The molecule has 0 fully saturated rings. The van der Waals surface area contributed by atoms with Crippen molar-refractivity contribution in [2.75, 3.05) is 0 Å². The number of nitrogens with two attached hydrogens (primary N) is 2. The highest BCUT2D eigenvalue weighted by atomic mass is 16.4. The molecule has 2 atom stereocenters. The van der Waals surface area contributed by atoms with Crippen LogP contribution in [0.1, 0.15) is 20.3 Å². The molecule has 0 aromatic carbocycles. The van der Waals surface area contributed by atoms with Crippen LogP contribution in [-0.2, 0) is 14.4 Å². The summed E-state index contributed by atoms with van der Waals surface area (Å²) in [5.74, 6) is -3.32. The molecule has 0 aliphatic carbocycles. The number of carboxylic acids is 1. The second-order valence-corrected chi connectivity index (χ2v) is 4.30. The van der Waals surface area contributed by atoms with Crippen LogP contribution in [-0.4, -0.2) is 41.0 Å². The zero-order valence-corrected chi connectivity index (χ0v) is 10.7. The van der Waals surface area contributed by atoms with Crippen molar-refractivity contribution in [3.63, 3.8) is 0 Å². The number of carboxylic acid groups (broad SMARTS) is 1. The number of aliphatic carboxylic acids is 1. The number of hydrogen-bond donors (Lipinski definition) is 5. The number of urea groups is 1. The first-order chi connectivity index (χ1) is 8.65. The van der Waals surface area contributed by atoms with E-state index in [4.69, 9.17) is 16.6 Å². The molecular formula is C10H18N4O5. The fourth-order valence-electron chi connectivity index (χ4n) is 1.35. The van der Waals surface area contributed by atoms with E-state index in [1.165, 1.54) is 0 Å². The highest BCUT2D eigenvalue weighted by molar-refractivity contribution is 5.91. The van der Waals surface area contributed by atoms with Crippen LogP contribution in [0.25, 0.3) is 0 Å². The molecule has 0 aromatic rings. The SMILES string of the molecule is CC(C)C(NC(N)=O)C(=O)N[C@H](CC(N)=O)C(=O)O. The van der Waals surface area contributed by atoms with E-state index in [2.05, 4.69) is 10.6 Å². The van der Waals surface area contributed by atoms with Crippen molar-refractivity contribution in [2.45, 2.75) is 32.4 Å². The van der Waals surface area contributed by atoms with Crippen LogP contribution in [0.5, 0.6) is 0 Å². The number of primary amides is 2. The first-order valence-corrected chi connectivity index (χ1v) is 5.52. The molecule has 9 nitrogen and oxygen atoms in total. The van der Waals surface area contributed by atoms with E-state index < -0.39 is 42.3 Å². The maximum absolute atomic E-state index is 11.8. The van der Waals surface area contributed by atoms with E-state index in [0.29, 0.717) is 0 Å². The van der Waals surface area contributed by atoms with Crippen molar-refractivity contribution in [3.05, 3.63) is 0 Å². The molecule has 4 amide bonds. The van der Waals surface area contributed by atoms with Gasteiger partial charge in [0.1, 0.15) is 12.1 Å². The first kappa shape index (κ1) is 16.7. The molecule has 0 aromatic heterocycles. The summed E-state index contributed by atoms with van der Waals surface area (Å²) in [6.07, 6.45) is -0.539. The average molecular weight is 274 g/mol. The quantitative estimate of drug-likeness (QED) is 0.366. The Kier molecular flexibility index (Phi) is 6.31. The summed E-state index contributed by atoms with van der Waals surface area (Å²) >= 11 is 0. The fourth-order valence-corrected chi connectivity index (χ4v) is 1.35. The lowest BCUT2D eigenvalue weighted by molar-refractivity contribution is -0.143. The van der Waals surface area contributed by atoms with Gasteiger partial charge in [0.15, 0.2) is 0 Å². The van der Waals surface area contributed by atoms with E-state index in [1.54, 1.807) is 13.8 Å². The summed E-state index contributed by atoms with van der Waals surface area (Å²) in [5.41, 5.74) is 9.80. The van der Waals surface area contributed by atoms with Gasteiger partial charge in [0.25, 0.3) is 0 Å². The van der Waals surface area contributed by atoms with E-state index >= 15 is 0 Å². The Bertz CT molecular complexity index is 382. The van der Waals surface area contributed by atoms with Gasteiger partial charge in [0.2, 0.25) is 11.8 Å². The van der Waals surface area contributed by atoms with Gasteiger partial charge in [0.05, 0.1) is 6.42 Å². The molecule has 0 bridgehead atoms. The predicted octanol–water partition coefficient (Wildman–Crippen LogP) is -1.88. The number of rotatable bonds is 7. The molecule has 0 saturated carbocycles. The number of nitrogens with one attached hydrogen (secondary N) is 2. The summed E-state index contributed by atoms with van der Waals surface area (Å²) < 4.78 is 0. The Labute approximate surface area is 109 Å². The van der Waals surface area contributed by atoms with E-state index in [0.717, 1.165) is 0 Å². The summed E-state index contributed by atoms with van der Waals surface area (Å²) in [6.45, 7) is 3.29. The van der Waals surface area contributed by atoms with Crippen molar-refractivity contribution in [3.8, 4) is 0 Å². The Morgan fingerprint density at radius 3 is 1.95 bits per heavy atom. The van der Waals surface area contributed by atoms with Crippen LogP contribution in [0.4, 0.5) is 4.79 Å². The van der Waals surface area contributed by atoms with Crippen molar-refractivity contribution >= 4 is 23.8 Å². The highest BCUT2D eigenvalue weighted by Gasteiger charge is 2.28. The molecule has 0 saturated heterocycles. The predicted molar refractivity (Wildman–Crippen MR) is 64.7 cm³/mol. The lowest BCUT2D eigenvalue weighted by atomic mass is 10.0. The molecular weight excluding hydrogens is 256 g/mol. The molecule has 1 unspecified atom stereocenters. The molecule has 0 rings (SSSR count). The van der Waals surface area contributed by atoms with Gasteiger partial charge in [-0.3, -0.25) is 9.59 Å². The summed E-state index contributed by atoms with van der Waals surface area (Å²) in [7, 11) is 0. The molecule has 19 heavy (non-hydrogen) atoms. The minimum absolute atomic E-state index is 0.310. The number of carbonyl (C=O) groups is 4. The van der Waals surface area contributed by atoms with Crippen LogP contribution in [0, 0.1) is 5.92 Å². The fraction of sp³-hybridized carbons (Fsp3) is 0.600. The zero-order valence-electron chi connectivity index (χ0n) is 10.7. The number of amides is 4. The largest absolute Gasteiger partial charge is 0.480 e. The van der Waals surface area contributed by atoms with Crippen molar-refractivity contribution in [1.29, 1.82) is 0 Å². The molecule has 0 spiro atoms. The van der Waals surface area contributed by atoms with Gasteiger partial charge in [-0.05, 0) is 5.92 Å². The summed E-state index contributed by atoms with van der Waals surface area (Å²) in [6, 6.07) is -3.34. The van der Waals surface area contributed by atoms with Crippen molar-refractivity contribution < 1.29 is 24.3 Å².